The lowest BCUT2D eigenvalue weighted by atomic mass is 9.96. The third kappa shape index (κ3) is 4.40. The summed E-state index contributed by atoms with van der Waals surface area (Å²) in [6.45, 7) is 6.10. The second kappa shape index (κ2) is 9.29. The number of carbonyl (C=O) groups excluding carboxylic acids is 1. The zero-order valence-electron chi connectivity index (χ0n) is 19.6. The number of aryl methyl sites for hydroxylation is 2. The lowest BCUT2D eigenvalue weighted by molar-refractivity contribution is -0.120. The predicted octanol–water partition coefficient (Wildman–Crippen LogP) is 5.70. The van der Waals surface area contributed by atoms with E-state index in [1.165, 1.54) is 17.2 Å². The Hall–Kier alpha value is -3.67. The van der Waals surface area contributed by atoms with Crippen LogP contribution in [0.4, 0.5) is 16.0 Å². The molecule has 0 unspecified atom stereocenters. The Balaban J connectivity index is 1.33. The van der Waals surface area contributed by atoms with Gasteiger partial charge in [-0.05, 0) is 67.6 Å². The Labute approximate surface area is 199 Å². The molecule has 0 saturated carbocycles. The highest BCUT2D eigenvalue weighted by Crippen LogP contribution is 2.29. The minimum atomic E-state index is -0.305. The maximum atomic E-state index is 13.9. The summed E-state index contributed by atoms with van der Waals surface area (Å²) in [4.78, 5) is 20.1. The van der Waals surface area contributed by atoms with E-state index in [0.717, 1.165) is 49.5 Å². The van der Waals surface area contributed by atoms with Crippen LogP contribution in [0.3, 0.4) is 0 Å². The average molecular weight is 457 g/mol. The molecule has 5 nitrogen and oxygen atoms in total. The third-order valence-corrected chi connectivity index (χ3v) is 6.81. The number of fused-ring (bicyclic) bond motifs is 1. The van der Waals surface area contributed by atoms with E-state index >= 15 is 0 Å². The number of rotatable bonds is 5. The summed E-state index contributed by atoms with van der Waals surface area (Å²) in [5.74, 6) is 0.496. The van der Waals surface area contributed by atoms with Gasteiger partial charge in [0, 0.05) is 24.7 Å². The number of carbonyl (C=O) groups is 1. The Morgan fingerprint density at radius 3 is 2.50 bits per heavy atom. The highest BCUT2D eigenvalue weighted by molar-refractivity contribution is 5.92. The summed E-state index contributed by atoms with van der Waals surface area (Å²) in [6.07, 6.45) is 1.46. The van der Waals surface area contributed by atoms with E-state index < -0.39 is 0 Å². The molecule has 0 bridgehead atoms. The van der Waals surface area contributed by atoms with Crippen molar-refractivity contribution in [2.75, 3.05) is 23.3 Å². The quantitative estimate of drug-likeness (QED) is 0.419. The van der Waals surface area contributed by atoms with E-state index in [1.807, 2.05) is 18.2 Å². The van der Waals surface area contributed by atoms with Crippen LogP contribution < -0.4 is 10.2 Å². The fraction of sp³-hybridized carbons (Fsp3) is 0.286. The number of amides is 1. The molecule has 0 radical (unpaired) electrons. The van der Waals surface area contributed by atoms with Gasteiger partial charge in [0.1, 0.15) is 5.82 Å². The number of halogens is 1. The van der Waals surface area contributed by atoms with E-state index in [4.69, 9.17) is 4.98 Å². The van der Waals surface area contributed by atoms with Crippen LogP contribution in [0.5, 0.6) is 0 Å². The van der Waals surface area contributed by atoms with Crippen molar-refractivity contribution in [2.24, 2.45) is 5.92 Å². The van der Waals surface area contributed by atoms with Gasteiger partial charge in [-0.2, -0.15) is 0 Å². The highest BCUT2D eigenvalue weighted by Gasteiger charge is 2.28. The normalized spacial score (nSPS) is 14.5. The predicted molar refractivity (Wildman–Crippen MR) is 135 cm³/mol. The number of imidazole rings is 1. The summed E-state index contributed by atoms with van der Waals surface area (Å²) < 4.78 is 16.1. The first-order chi connectivity index (χ1) is 16.5. The molecule has 0 aliphatic carbocycles. The second-order valence-corrected chi connectivity index (χ2v) is 9.13. The number of para-hydroxylation sites is 2. The van der Waals surface area contributed by atoms with Gasteiger partial charge in [-0.15, -0.1) is 0 Å². The molecule has 1 aliphatic heterocycles. The van der Waals surface area contributed by atoms with Gasteiger partial charge < -0.3 is 14.8 Å². The molecule has 0 atom stereocenters. The standard InChI is InChI=1S/C28H29FN4O/c1-19-7-3-4-8-22(19)18-33-26-10-6-5-9-25(26)31-28(33)32-15-13-21(14-16-32)27(34)30-23-12-11-20(2)24(29)17-23/h3-12,17,21H,13-16,18H2,1-2H3,(H,30,34). The fourth-order valence-electron chi connectivity index (χ4n) is 4.67. The molecule has 1 N–H and O–H groups in total. The summed E-state index contributed by atoms with van der Waals surface area (Å²) in [7, 11) is 0. The summed E-state index contributed by atoms with van der Waals surface area (Å²) >= 11 is 0. The summed E-state index contributed by atoms with van der Waals surface area (Å²) in [6, 6.07) is 21.5. The Bertz CT molecular complexity index is 1340. The summed E-state index contributed by atoms with van der Waals surface area (Å²) in [5, 5.41) is 2.89. The van der Waals surface area contributed by atoms with Crippen LogP contribution in [-0.2, 0) is 11.3 Å². The van der Waals surface area contributed by atoms with Crippen molar-refractivity contribution in [1.29, 1.82) is 0 Å². The molecule has 2 heterocycles. The number of nitrogens with zero attached hydrogens (tertiary/aromatic N) is 3. The zero-order chi connectivity index (χ0) is 23.7. The van der Waals surface area contributed by atoms with E-state index in [9.17, 15) is 9.18 Å². The van der Waals surface area contributed by atoms with E-state index in [2.05, 4.69) is 52.0 Å². The largest absolute Gasteiger partial charge is 0.342 e. The van der Waals surface area contributed by atoms with Crippen LogP contribution in [0.15, 0.2) is 66.7 Å². The lowest BCUT2D eigenvalue weighted by Crippen LogP contribution is -2.39. The molecule has 3 aromatic carbocycles. The van der Waals surface area contributed by atoms with Crippen molar-refractivity contribution < 1.29 is 9.18 Å². The molecular formula is C28H29FN4O. The van der Waals surface area contributed by atoms with Crippen LogP contribution >= 0.6 is 0 Å². The van der Waals surface area contributed by atoms with Gasteiger partial charge in [0.05, 0.1) is 17.6 Å². The van der Waals surface area contributed by atoms with Gasteiger partial charge in [-0.3, -0.25) is 4.79 Å². The molecule has 174 valence electrons. The second-order valence-electron chi connectivity index (χ2n) is 9.13. The van der Waals surface area contributed by atoms with Gasteiger partial charge in [0.2, 0.25) is 11.9 Å². The molecule has 6 heteroatoms. The number of benzene rings is 3. The zero-order valence-corrected chi connectivity index (χ0v) is 19.6. The molecular weight excluding hydrogens is 427 g/mol. The van der Waals surface area contributed by atoms with Gasteiger partial charge in [0.15, 0.2) is 0 Å². The monoisotopic (exact) mass is 456 g/mol. The Kier molecular flexibility index (Phi) is 6.05. The molecule has 5 rings (SSSR count). The van der Waals surface area contributed by atoms with Crippen LogP contribution in [0.2, 0.25) is 0 Å². The molecule has 1 amide bonds. The minimum Gasteiger partial charge on any atom is -0.342 e. The number of aromatic nitrogens is 2. The van der Waals surface area contributed by atoms with E-state index in [1.54, 1.807) is 19.1 Å². The topological polar surface area (TPSA) is 50.2 Å². The highest BCUT2D eigenvalue weighted by atomic mass is 19.1. The van der Waals surface area contributed by atoms with Gasteiger partial charge in [0.25, 0.3) is 0 Å². The van der Waals surface area contributed by atoms with Crippen molar-refractivity contribution >= 4 is 28.6 Å². The molecule has 1 saturated heterocycles. The van der Waals surface area contributed by atoms with Crippen molar-refractivity contribution in [3.8, 4) is 0 Å². The molecule has 4 aromatic rings. The van der Waals surface area contributed by atoms with Crippen molar-refractivity contribution in [3.05, 3.63) is 89.2 Å². The van der Waals surface area contributed by atoms with Crippen molar-refractivity contribution in [3.63, 3.8) is 0 Å². The minimum absolute atomic E-state index is 0.0451. The van der Waals surface area contributed by atoms with E-state index in [0.29, 0.717) is 11.3 Å². The van der Waals surface area contributed by atoms with Crippen LogP contribution in [-0.4, -0.2) is 28.5 Å². The molecule has 0 spiro atoms. The molecule has 1 aliphatic rings. The van der Waals surface area contributed by atoms with Crippen LogP contribution in [0.25, 0.3) is 11.0 Å². The number of nitrogens with one attached hydrogen (secondary N) is 1. The fourth-order valence-corrected chi connectivity index (χ4v) is 4.67. The van der Waals surface area contributed by atoms with E-state index in [-0.39, 0.29) is 17.6 Å². The lowest BCUT2D eigenvalue weighted by Gasteiger charge is -2.32. The maximum Gasteiger partial charge on any atom is 0.227 e. The first kappa shape index (κ1) is 22.1. The first-order valence-corrected chi connectivity index (χ1v) is 11.8. The van der Waals surface area contributed by atoms with Gasteiger partial charge in [-0.1, -0.05) is 42.5 Å². The molecule has 1 aromatic heterocycles. The molecule has 34 heavy (non-hydrogen) atoms. The van der Waals surface area contributed by atoms with Crippen molar-refractivity contribution in [1.82, 2.24) is 9.55 Å². The number of piperidine rings is 1. The molecule has 1 fully saturated rings. The van der Waals surface area contributed by atoms with Crippen LogP contribution in [0.1, 0.15) is 29.5 Å². The number of hydrogen-bond donors (Lipinski definition) is 1. The first-order valence-electron chi connectivity index (χ1n) is 11.8. The average Bonchev–Trinajstić information content (AvgIpc) is 3.21. The SMILES string of the molecule is Cc1ccc(NC(=O)C2CCN(c3nc4ccccc4n3Cc3ccccc3C)CC2)cc1F. The maximum absolute atomic E-state index is 13.9. The van der Waals surface area contributed by atoms with Gasteiger partial charge >= 0.3 is 0 Å². The van der Waals surface area contributed by atoms with Crippen molar-refractivity contribution in [2.45, 2.75) is 33.2 Å². The number of anilines is 2. The smallest absolute Gasteiger partial charge is 0.227 e. The van der Waals surface area contributed by atoms with Crippen LogP contribution in [0, 0.1) is 25.6 Å². The Morgan fingerprint density at radius 2 is 1.74 bits per heavy atom. The third-order valence-electron chi connectivity index (χ3n) is 6.81. The summed E-state index contributed by atoms with van der Waals surface area (Å²) in [5.41, 5.74) is 5.70. The Morgan fingerprint density at radius 1 is 1.00 bits per heavy atom. The van der Waals surface area contributed by atoms with Gasteiger partial charge in [-0.25, -0.2) is 9.37 Å². The number of hydrogen-bond acceptors (Lipinski definition) is 3.